The molecule has 0 fully saturated rings. The van der Waals surface area contributed by atoms with Crippen LogP contribution in [-0.2, 0) is 0 Å². The standard InChI is InChI=1S/C8H5IN2S/c9-6-1-3-7(4-2-6)11-8(12)5-10/h1-4H,(H,11,12). The molecule has 0 heterocycles. The molecule has 1 aromatic carbocycles. The van der Waals surface area contributed by atoms with Crippen LogP contribution in [0.5, 0.6) is 0 Å². The normalized spacial score (nSPS) is 8.67. The first kappa shape index (κ1) is 9.42. The maximum absolute atomic E-state index is 8.40. The molecule has 4 heteroatoms. The van der Waals surface area contributed by atoms with Gasteiger partial charge < -0.3 is 5.32 Å². The molecule has 0 aliphatic rings. The molecule has 0 saturated heterocycles. The van der Waals surface area contributed by atoms with E-state index in [0.29, 0.717) is 0 Å². The second kappa shape index (κ2) is 4.38. The zero-order chi connectivity index (χ0) is 8.97. The van der Waals surface area contributed by atoms with Crippen molar-refractivity contribution in [2.45, 2.75) is 0 Å². The number of hydrogen-bond donors (Lipinski definition) is 1. The molecule has 0 amide bonds. The molecule has 0 bridgehead atoms. The topological polar surface area (TPSA) is 35.8 Å². The molecule has 0 unspecified atom stereocenters. The van der Waals surface area contributed by atoms with Gasteiger partial charge in [0.1, 0.15) is 6.07 Å². The first-order valence-corrected chi connectivity index (χ1v) is 4.68. The van der Waals surface area contributed by atoms with Gasteiger partial charge in [-0.1, -0.05) is 0 Å². The third-order valence-corrected chi connectivity index (χ3v) is 2.12. The lowest BCUT2D eigenvalue weighted by molar-refractivity contribution is 1.54. The molecule has 12 heavy (non-hydrogen) atoms. The Kier molecular flexibility index (Phi) is 3.44. The zero-order valence-corrected chi connectivity index (χ0v) is 9.02. The molecule has 1 N–H and O–H groups in total. The number of hydrogen-bond acceptors (Lipinski definition) is 2. The fourth-order valence-corrected chi connectivity index (χ4v) is 1.17. The van der Waals surface area contributed by atoms with Gasteiger partial charge in [-0.15, -0.1) is 0 Å². The lowest BCUT2D eigenvalue weighted by Gasteiger charge is -2.00. The minimum atomic E-state index is 0.191. The highest BCUT2D eigenvalue weighted by molar-refractivity contribution is 14.1. The van der Waals surface area contributed by atoms with E-state index in [1.165, 1.54) is 0 Å². The molecule has 60 valence electrons. The number of nitrogens with one attached hydrogen (secondary N) is 1. The number of thiocarbonyl (C=S) groups is 1. The van der Waals surface area contributed by atoms with E-state index in [9.17, 15) is 0 Å². The molecule has 0 spiro atoms. The van der Waals surface area contributed by atoms with E-state index in [1.807, 2.05) is 30.3 Å². The molecular formula is C8H5IN2S. The average molecular weight is 288 g/mol. The molecule has 2 nitrogen and oxygen atoms in total. The lowest BCUT2D eigenvalue weighted by atomic mass is 10.3. The van der Waals surface area contributed by atoms with Crippen LogP contribution in [0.15, 0.2) is 24.3 Å². The Bertz CT molecular complexity index is 326. The Morgan fingerprint density at radius 2 is 2.00 bits per heavy atom. The van der Waals surface area contributed by atoms with E-state index in [0.717, 1.165) is 9.26 Å². The Hall–Kier alpha value is -0.670. The van der Waals surface area contributed by atoms with E-state index in [-0.39, 0.29) is 4.99 Å². The smallest absolute Gasteiger partial charge is 0.182 e. The number of nitriles is 1. The molecule has 0 atom stereocenters. The Morgan fingerprint density at radius 3 is 2.50 bits per heavy atom. The summed E-state index contributed by atoms with van der Waals surface area (Å²) in [5, 5.41) is 11.2. The van der Waals surface area contributed by atoms with E-state index in [4.69, 9.17) is 17.5 Å². The first-order valence-electron chi connectivity index (χ1n) is 3.19. The third kappa shape index (κ3) is 2.75. The van der Waals surface area contributed by atoms with Gasteiger partial charge in [0, 0.05) is 9.26 Å². The summed E-state index contributed by atoms with van der Waals surface area (Å²) in [5.74, 6) is 0. The van der Waals surface area contributed by atoms with Crippen molar-refractivity contribution in [1.82, 2.24) is 0 Å². The van der Waals surface area contributed by atoms with Crippen LogP contribution >= 0.6 is 34.8 Å². The van der Waals surface area contributed by atoms with Gasteiger partial charge in [-0.2, -0.15) is 5.26 Å². The van der Waals surface area contributed by atoms with Gasteiger partial charge >= 0.3 is 0 Å². The van der Waals surface area contributed by atoms with Crippen LogP contribution in [0.4, 0.5) is 5.69 Å². The van der Waals surface area contributed by atoms with E-state index >= 15 is 0 Å². The molecule has 0 aromatic heterocycles. The van der Waals surface area contributed by atoms with Crippen molar-refractivity contribution in [3.8, 4) is 6.07 Å². The summed E-state index contributed by atoms with van der Waals surface area (Å²) in [6.07, 6.45) is 0. The van der Waals surface area contributed by atoms with Crippen molar-refractivity contribution in [3.05, 3.63) is 27.8 Å². The van der Waals surface area contributed by atoms with Gasteiger partial charge in [0.2, 0.25) is 0 Å². The summed E-state index contributed by atoms with van der Waals surface area (Å²) in [4.78, 5) is 0.191. The van der Waals surface area contributed by atoms with Crippen LogP contribution in [0.3, 0.4) is 0 Å². The van der Waals surface area contributed by atoms with Crippen molar-refractivity contribution in [2.24, 2.45) is 0 Å². The van der Waals surface area contributed by atoms with Crippen molar-refractivity contribution in [2.75, 3.05) is 5.32 Å². The SMILES string of the molecule is N#CC(=S)Nc1ccc(I)cc1. The van der Waals surface area contributed by atoms with Crippen LogP contribution in [0.1, 0.15) is 0 Å². The van der Waals surface area contributed by atoms with Crippen LogP contribution in [0.2, 0.25) is 0 Å². The number of benzene rings is 1. The van der Waals surface area contributed by atoms with E-state index in [2.05, 4.69) is 27.9 Å². The quantitative estimate of drug-likeness (QED) is 0.637. The maximum Gasteiger partial charge on any atom is 0.182 e. The second-order valence-corrected chi connectivity index (χ2v) is 3.73. The van der Waals surface area contributed by atoms with Crippen LogP contribution in [0, 0.1) is 14.9 Å². The highest BCUT2D eigenvalue weighted by atomic mass is 127. The van der Waals surface area contributed by atoms with Crippen LogP contribution < -0.4 is 5.32 Å². The number of halogens is 1. The monoisotopic (exact) mass is 288 g/mol. The third-order valence-electron chi connectivity index (χ3n) is 1.20. The maximum atomic E-state index is 8.40. The van der Waals surface area contributed by atoms with Crippen LogP contribution in [0.25, 0.3) is 0 Å². The number of rotatable bonds is 1. The van der Waals surface area contributed by atoms with Crippen molar-refractivity contribution in [3.63, 3.8) is 0 Å². The lowest BCUT2D eigenvalue weighted by Crippen LogP contribution is -2.04. The molecule has 0 aliphatic heterocycles. The van der Waals surface area contributed by atoms with Crippen LogP contribution in [-0.4, -0.2) is 4.99 Å². The first-order chi connectivity index (χ1) is 5.72. The second-order valence-electron chi connectivity index (χ2n) is 2.07. The summed E-state index contributed by atoms with van der Waals surface area (Å²) in [7, 11) is 0. The van der Waals surface area contributed by atoms with Gasteiger partial charge in [0.15, 0.2) is 4.99 Å². The number of anilines is 1. The zero-order valence-electron chi connectivity index (χ0n) is 6.04. The van der Waals surface area contributed by atoms with E-state index < -0.39 is 0 Å². The predicted octanol–water partition coefficient (Wildman–Crippen LogP) is 2.55. The minimum Gasteiger partial charge on any atom is -0.338 e. The minimum absolute atomic E-state index is 0.191. The highest BCUT2D eigenvalue weighted by Crippen LogP contribution is 2.10. The van der Waals surface area contributed by atoms with E-state index in [1.54, 1.807) is 0 Å². The van der Waals surface area contributed by atoms with Gasteiger partial charge in [0.25, 0.3) is 0 Å². The summed E-state index contributed by atoms with van der Waals surface area (Å²) in [6, 6.07) is 9.50. The van der Waals surface area contributed by atoms with Crippen molar-refractivity contribution in [1.29, 1.82) is 5.26 Å². The van der Waals surface area contributed by atoms with Crippen molar-refractivity contribution < 1.29 is 0 Å². The summed E-state index contributed by atoms with van der Waals surface area (Å²) in [5.41, 5.74) is 0.849. The molecular weight excluding hydrogens is 283 g/mol. The molecule has 1 aromatic rings. The molecule has 1 rings (SSSR count). The fourth-order valence-electron chi connectivity index (χ4n) is 0.692. The molecule has 0 saturated carbocycles. The largest absolute Gasteiger partial charge is 0.338 e. The summed E-state index contributed by atoms with van der Waals surface area (Å²) >= 11 is 6.91. The molecule has 0 aliphatic carbocycles. The summed E-state index contributed by atoms with van der Waals surface area (Å²) in [6.45, 7) is 0. The van der Waals surface area contributed by atoms with Gasteiger partial charge in [-0.25, -0.2) is 0 Å². The molecule has 0 radical (unpaired) electrons. The van der Waals surface area contributed by atoms with Gasteiger partial charge in [-0.05, 0) is 59.1 Å². The van der Waals surface area contributed by atoms with Gasteiger partial charge in [0.05, 0.1) is 0 Å². The Morgan fingerprint density at radius 1 is 1.42 bits per heavy atom. The average Bonchev–Trinajstić information content (AvgIpc) is 2.09. The highest BCUT2D eigenvalue weighted by Gasteiger charge is 1.94. The predicted molar refractivity (Wildman–Crippen MR) is 61.0 cm³/mol. The van der Waals surface area contributed by atoms with Crippen molar-refractivity contribution >= 4 is 45.5 Å². The Labute approximate surface area is 89.7 Å². The number of nitrogens with zero attached hydrogens (tertiary/aromatic N) is 1. The summed E-state index contributed by atoms with van der Waals surface area (Å²) < 4.78 is 1.15. The van der Waals surface area contributed by atoms with Gasteiger partial charge in [-0.3, -0.25) is 0 Å². The Balaban J connectivity index is 2.73. The fraction of sp³-hybridized carbons (Fsp3) is 0.